The van der Waals surface area contributed by atoms with E-state index in [4.69, 9.17) is 21.4 Å². The fourth-order valence-corrected chi connectivity index (χ4v) is 4.39. The van der Waals surface area contributed by atoms with Crippen molar-refractivity contribution in [3.05, 3.63) is 70.4 Å². The second-order valence-electron chi connectivity index (χ2n) is 6.46. The first-order chi connectivity index (χ1) is 13.6. The zero-order valence-electron chi connectivity index (χ0n) is 15.4. The third-order valence-corrected chi connectivity index (χ3v) is 5.67. The molecule has 0 atom stereocenters. The summed E-state index contributed by atoms with van der Waals surface area (Å²) < 4.78 is 7.23. The quantitative estimate of drug-likeness (QED) is 0.627. The maximum Gasteiger partial charge on any atom is 0.229 e. The first kappa shape index (κ1) is 18.9. The number of benzene rings is 2. The summed E-state index contributed by atoms with van der Waals surface area (Å²) in [5.41, 5.74) is 3.87. The number of aromatic nitrogens is 2. The van der Waals surface area contributed by atoms with E-state index in [1.807, 2.05) is 55.5 Å². The smallest absolute Gasteiger partial charge is 0.229 e. The van der Waals surface area contributed by atoms with Gasteiger partial charge in [0.05, 0.1) is 24.4 Å². The topological polar surface area (TPSA) is 56.1 Å². The van der Waals surface area contributed by atoms with Crippen LogP contribution in [0.3, 0.4) is 0 Å². The van der Waals surface area contributed by atoms with Gasteiger partial charge in [0.15, 0.2) is 0 Å². The van der Waals surface area contributed by atoms with E-state index >= 15 is 0 Å². The van der Waals surface area contributed by atoms with Crippen molar-refractivity contribution in [1.82, 2.24) is 9.78 Å². The molecule has 2 heterocycles. The highest BCUT2D eigenvalue weighted by Gasteiger charge is 2.24. The Hall–Kier alpha value is -2.44. The van der Waals surface area contributed by atoms with Crippen LogP contribution in [0.4, 0.5) is 5.82 Å². The van der Waals surface area contributed by atoms with Crippen molar-refractivity contribution in [3.63, 3.8) is 0 Å². The van der Waals surface area contributed by atoms with Gasteiger partial charge in [-0.2, -0.15) is 16.9 Å². The molecule has 0 fully saturated rings. The minimum Gasteiger partial charge on any atom is -0.494 e. The summed E-state index contributed by atoms with van der Waals surface area (Å²) in [4.78, 5) is 12.7. The summed E-state index contributed by atoms with van der Waals surface area (Å²) in [7, 11) is 0. The number of ether oxygens (including phenoxy) is 1. The van der Waals surface area contributed by atoms with E-state index in [-0.39, 0.29) is 12.3 Å². The number of carbonyl (C=O) groups excluding carboxylic acids is 1. The molecule has 0 saturated carbocycles. The lowest BCUT2D eigenvalue weighted by atomic mass is 10.1. The Morgan fingerprint density at radius 1 is 1.25 bits per heavy atom. The maximum atomic E-state index is 12.7. The summed E-state index contributed by atoms with van der Waals surface area (Å²) in [6, 6.07) is 15.1. The van der Waals surface area contributed by atoms with Crippen molar-refractivity contribution in [2.75, 3.05) is 11.9 Å². The number of halogens is 1. The average Bonchev–Trinajstić information content (AvgIpc) is 3.26. The molecule has 1 amide bonds. The van der Waals surface area contributed by atoms with Gasteiger partial charge < -0.3 is 10.1 Å². The van der Waals surface area contributed by atoms with Crippen molar-refractivity contribution in [1.29, 1.82) is 0 Å². The molecule has 2 aromatic carbocycles. The highest BCUT2D eigenvalue weighted by molar-refractivity contribution is 7.98. The molecular formula is C21H20ClN3O2S. The second kappa shape index (κ2) is 8.29. The zero-order valence-corrected chi connectivity index (χ0v) is 17.0. The molecule has 0 bridgehead atoms. The Kier molecular flexibility index (Phi) is 5.59. The molecule has 3 aromatic rings. The van der Waals surface area contributed by atoms with E-state index in [2.05, 4.69) is 5.32 Å². The van der Waals surface area contributed by atoms with Gasteiger partial charge in [0.2, 0.25) is 5.91 Å². The number of fused-ring (bicyclic) bond motifs is 1. The zero-order chi connectivity index (χ0) is 19.5. The van der Waals surface area contributed by atoms with Gasteiger partial charge in [0.1, 0.15) is 11.6 Å². The third kappa shape index (κ3) is 4.03. The molecule has 0 unspecified atom stereocenters. The molecule has 0 saturated heterocycles. The van der Waals surface area contributed by atoms with E-state index in [1.54, 1.807) is 16.4 Å². The predicted octanol–water partition coefficient (Wildman–Crippen LogP) is 4.85. The van der Waals surface area contributed by atoms with Crippen molar-refractivity contribution in [2.45, 2.75) is 24.9 Å². The summed E-state index contributed by atoms with van der Waals surface area (Å²) in [5.74, 6) is 3.16. The number of rotatable bonds is 6. The van der Waals surface area contributed by atoms with E-state index in [0.29, 0.717) is 11.6 Å². The predicted molar refractivity (Wildman–Crippen MR) is 114 cm³/mol. The molecular weight excluding hydrogens is 394 g/mol. The number of nitrogens with zero attached hydrogens (tertiary/aromatic N) is 2. The first-order valence-electron chi connectivity index (χ1n) is 9.10. The molecule has 7 heteroatoms. The molecule has 5 nitrogen and oxygen atoms in total. The van der Waals surface area contributed by atoms with Crippen LogP contribution in [0.25, 0.3) is 5.69 Å². The maximum absolute atomic E-state index is 12.7. The largest absolute Gasteiger partial charge is 0.494 e. The van der Waals surface area contributed by atoms with Crippen molar-refractivity contribution in [2.24, 2.45) is 0 Å². The number of nitrogens with one attached hydrogen (secondary N) is 1. The number of thioether (sulfide) groups is 1. The first-order valence-corrected chi connectivity index (χ1v) is 10.6. The van der Waals surface area contributed by atoms with Crippen LogP contribution in [0, 0.1) is 0 Å². The minimum absolute atomic E-state index is 0.0768. The molecule has 1 N–H and O–H groups in total. The van der Waals surface area contributed by atoms with Crippen LogP contribution in [0.2, 0.25) is 5.02 Å². The molecule has 0 aliphatic carbocycles. The Balaban J connectivity index is 1.56. The highest BCUT2D eigenvalue weighted by Crippen LogP contribution is 2.36. The Morgan fingerprint density at radius 2 is 2.07 bits per heavy atom. The average molecular weight is 414 g/mol. The number of anilines is 1. The number of carbonyl (C=O) groups is 1. The van der Waals surface area contributed by atoms with Crippen LogP contribution in [-0.2, 0) is 22.7 Å². The molecule has 1 aromatic heterocycles. The van der Waals surface area contributed by atoms with Crippen LogP contribution in [-0.4, -0.2) is 22.3 Å². The Morgan fingerprint density at radius 3 is 2.82 bits per heavy atom. The highest BCUT2D eigenvalue weighted by atomic mass is 35.5. The van der Waals surface area contributed by atoms with Gasteiger partial charge in [-0.3, -0.25) is 4.79 Å². The fraction of sp³-hybridized carbons (Fsp3) is 0.238. The van der Waals surface area contributed by atoms with Crippen molar-refractivity contribution >= 4 is 35.1 Å². The molecule has 4 rings (SSSR count). The molecule has 0 radical (unpaired) electrons. The number of hydrogen-bond donors (Lipinski definition) is 1. The molecule has 1 aliphatic heterocycles. The van der Waals surface area contributed by atoms with E-state index in [0.717, 1.165) is 45.6 Å². The van der Waals surface area contributed by atoms with Gasteiger partial charge >= 0.3 is 0 Å². The number of hydrogen-bond acceptors (Lipinski definition) is 4. The summed E-state index contributed by atoms with van der Waals surface area (Å²) in [5, 5.41) is 8.40. The van der Waals surface area contributed by atoms with Crippen LogP contribution in [0.15, 0.2) is 48.5 Å². The summed E-state index contributed by atoms with van der Waals surface area (Å²) in [6.45, 7) is 2.57. The van der Waals surface area contributed by atoms with Gasteiger partial charge in [-0.25, -0.2) is 4.68 Å². The molecule has 0 spiro atoms. The normalized spacial score (nSPS) is 12.6. The van der Waals surface area contributed by atoms with Crippen LogP contribution >= 0.6 is 23.4 Å². The van der Waals surface area contributed by atoms with E-state index in [1.165, 1.54) is 0 Å². The summed E-state index contributed by atoms with van der Waals surface area (Å²) >= 11 is 7.95. The van der Waals surface area contributed by atoms with Crippen LogP contribution in [0.5, 0.6) is 5.75 Å². The Labute approximate surface area is 173 Å². The second-order valence-corrected chi connectivity index (χ2v) is 7.88. The molecule has 144 valence electrons. The van der Waals surface area contributed by atoms with Gasteiger partial charge in [-0.15, -0.1) is 0 Å². The lowest BCUT2D eigenvalue weighted by molar-refractivity contribution is -0.115. The minimum atomic E-state index is -0.0768. The van der Waals surface area contributed by atoms with Crippen molar-refractivity contribution < 1.29 is 9.53 Å². The monoisotopic (exact) mass is 413 g/mol. The Bertz CT molecular complexity index is 1000. The SMILES string of the molecule is CCOc1ccc(CC(=O)Nc2c3c(nn2-c2cccc(Cl)c2)CSC3)cc1. The molecule has 28 heavy (non-hydrogen) atoms. The third-order valence-electron chi connectivity index (χ3n) is 4.46. The standard InChI is InChI=1S/C21H20ClN3O2S/c1-2-27-17-8-6-14(7-9-17)10-20(26)23-21-18-12-28-13-19(18)24-25(21)16-5-3-4-15(22)11-16/h3-9,11H,2,10,12-13H2,1H3,(H,23,26). The van der Waals surface area contributed by atoms with Gasteiger partial charge in [-0.1, -0.05) is 29.8 Å². The molecule has 1 aliphatic rings. The van der Waals surface area contributed by atoms with Crippen molar-refractivity contribution in [3.8, 4) is 11.4 Å². The van der Waals surface area contributed by atoms with E-state index < -0.39 is 0 Å². The summed E-state index contributed by atoms with van der Waals surface area (Å²) in [6.07, 6.45) is 0.287. The van der Waals surface area contributed by atoms with Crippen LogP contribution < -0.4 is 10.1 Å². The fourth-order valence-electron chi connectivity index (χ4n) is 3.17. The van der Waals surface area contributed by atoms with Gasteiger partial charge in [0, 0.05) is 22.1 Å². The van der Waals surface area contributed by atoms with Gasteiger partial charge in [0.25, 0.3) is 0 Å². The van der Waals surface area contributed by atoms with Crippen LogP contribution in [0.1, 0.15) is 23.7 Å². The lowest BCUT2D eigenvalue weighted by Crippen LogP contribution is -2.18. The number of amides is 1. The van der Waals surface area contributed by atoms with Gasteiger partial charge in [-0.05, 0) is 42.8 Å². The lowest BCUT2D eigenvalue weighted by Gasteiger charge is -2.11. The van der Waals surface area contributed by atoms with E-state index in [9.17, 15) is 4.79 Å².